The lowest BCUT2D eigenvalue weighted by Gasteiger charge is -2.09. The lowest BCUT2D eigenvalue weighted by molar-refractivity contribution is 0.0696. The fourth-order valence-corrected chi connectivity index (χ4v) is 2.33. The molecular weight excluding hydrogens is 366 g/mol. The van der Waals surface area contributed by atoms with Gasteiger partial charge in [-0.1, -0.05) is 0 Å². The van der Waals surface area contributed by atoms with E-state index in [2.05, 4.69) is 31.3 Å². The van der Waals surface area contributed by atoms with Crippen molar-refractivity contribution in [3.8, 4) is 0 Å². The van der Waals surface area contributed by atoms with Crippen LogP contribution in [0.15, 0.2) is 22.7 Å². The third kappa shape index (κ3) is 5.69. The van der Waals surface area contributed by atoms with E-state index in [4.69, 9.17) is 5.11 Å². The summed E-state index contributed by atoms with van der Waals surface area (Å²) < 4.78 is 24.8. The molecule has 0 aliphatic rings. The number of urea groups is 1. The van der Waals surface area contributed by atoms with E-state index in [0.29, 0.717) is 4.47 Å². The van der Waals surface area contributed by atoms with E-state index in [9.17, 15) is 18.0 Å². The van der Waals surface area contributed by atoms with E-state index in [-0.39, 0.29) is 23.5 Å². The van der Waals surface area contributed by atoms with Gasteiger partial charge in [0.25, 0.3) is 0 Å². The molecule has 0 aromatic heterocycles. The second-order valence-electron chi connectivity index (χ2n) is 3.90. The van der Waals surface area contributed by atoms with Gasteiger partial charge in [0.2, 0.25) is 10.0 Å². The van der Waals surface area contributed by atoms with Crippen LogP contribution in [0.2, 0.25) is 0 Å². The first-order valence-electron chi connectivity index (χ1n) is 5.74. The molecule has 0 heterocycles. The molecule has 4 N–H and O–H groups in total. The number of carbonyl (C=O) groups excluding carboxylic acids is 1. The fraction of sp³-hybridized carbons (Fsp3) is 0.273. The van der Waals surface area contributed by atoms with Crippen LogP contribution in [0.1, 0.15) is 10.4 Å². The number of amides is 2. The van der Waals surface area contributed by atoms with E-state index in [1.54, 1.807) is 0 Å². The zero-order valence-corrected chi connectivity index (χ0v) is 13.4. The maximum atomic E-state index is 11.6. The number of nitrogens with one attached hydrogen (secondary N) is 3. The minimum absolute atomic E-state index is 0.00515. The van der Waals surface area contributed by atoms with Crippen molar-refractivity contribution in [2.24, 2.45) is 0 Å². The summed E-state index contributed by atoms with van der Waals surface area (Å²) in [5.41, 5.74) is 0.287. The number of carboxylic acids is 1. The van der Waals surface area contributed by atoms with Gasteiger partial charge in [-0.2, -0.15) is 0 Å². The monoisotopic (exact) mass is 379 g/mol. The SMILES string of the molecule is CNS(=O)(=O)CCNC(=O)Nc1ccc(Br)c(C(=O)O)c1. The summed E-state index contributed by atoms with van der Waals surface area (Å²) in [6, 6.07) is 3.67. The van der Waals surface area contributed by atoms with Gasteiger partial charge in [0.1, 0.15) is 0 Å². The number of hydrogen-bond acceptors (Lipinski definition) is 4. The van der Waals surface area contributed by atoms with Crippen LogP contribution in [0.5, 0.6) is 0 Å². The number of carbonyl (C=O) groups is 2. The van der Waals surface area contributed by atoms with Crippen LogP contribution in [0.3, 0.4) is 0 Å². The molecule has 0 saturated carbocycles. The summed E-state index contributed by atoms with van der Waals surface area (Å²) in [5, 5.41) is 13.7. The van der Waals surface area contributed by atoms with Crippen molar-refractivity contribution in [1.82, 2.24) is 10.0 Å². The molecular formula is C11H14BrN3O5S. The second kappa shape index (κ2) is 7.38. The maximum Gasteiger partial charge on any atom is 0.336 e. The summed E-state index contributed by atoms with van der Waals surface area (Å²) in [6.45, 7) is -0.0721. The van der Waals surface area contributed by atoms with E-state index in [1.165, 1.54) is 25.2 Å². The largest absolute Gasteiger partial charge is 0.478 e. The van der Waals surface area contributed by atoms with Crippen molar-refractivity contribution in [2.75, 3.05) is 24.7 Å². The molecule has 116 valence electrons. The van der Waals surface area contributed by atoms with Gasteiger partial charge in [-0.3, -0.25) is 0 Å². The predicted octanol–water partition coefficient (Wildman–Crippen LogP) is 0.818. The van der Waals surface area contributed by atoms with E-state index < -0.39 is 22.0 Å². The Morgan fingerprint density at radius 2 is 2.00 bits per heavy atom. The highest BCUT2D eigenvalue weighted by Crippen LogP contribution is 2.21. The molecule has 0 radical (unpaired) electrons. The summed E-state index contributed by atoms with van der Waals surface area (Å²) in [4.78, 5) is 22.5. The fourth-order valence-electron chi connectivity index (χ4n) is 1.34. The molecule has 2 amide bonds. The van der Waals surface area contributed by atoms with Crippen LogP contribution < -0.4 is 15.4 Å². The number of sulfonamides is 1. The van der Waals surface area contributed by atoms with E-state index >= 15 is 0 Å². The third-order valence-corrected chi connectivity index (χ3v) is 4.48. The molecule has 0 aliphatic heterocycles. The molecule has 0 unspecified atom stereocenters. The molecule has 0 aliphatic carbocycles. The number of aromatic carboxylic acids is 1. The molecule has 10 heteroatoms. The van der Waals surface area contributed by atoms with Crippen molar-refractivity contribution in [2.45, 2.75) is 0 Å². The molecule has 1 aromatic carbocycles. The van der Waals surface area contributed by atoms with Crippen LogP contribution in [0, 0.1) is 0 Å². The van der Waals surface area contributed by atoms with Gasteiger partial charge in [-0.05, 0) is 41.2 Å². The number of rotatable bonds is 6. The smallest absolute Gasteiger partial charge is 0.336 e. The molecule has 0 spiro atoms. The van der Waals surface area contributed by atoms with Crippen molar-refractivity contribution < 1.29 is 23.1 Å². The van der Waals surface area contributed by atoms with Crippen LogP contribution >= 0.6 is 15.9 Å². The first-order valence-corrected chi connectivity index (χ1v) is 8.18. The van der Waals surface area contributed by atoms with Crippen LogP contribution in [0.4, 0.5) is 10.5 Å². The third-order valence-electron chi connectivity index (χ3n) is 2.42. The zero-order valence-electron chi connectivity index (χ0n) is 11.0. The number of benzene rings is 1. The van der Waals surface area contributed by atoms with Crippen LogP contribution in [0.25, 0.3) is 0 Å². The van der Waals surface area contributed by atoms with Gasteiger partial charge >= 0.3 is 12.0 Å². The molecule has 21 heavy (non-hydrogen) atoms. The average Bonchev–Trinajstić information content (AvgIpc) is 2.40. The van der Waals surface area contributed by atoms with Crippen molar-refractivity contribution in [1.29, 1.82) is 0 Å². The van der Waals surface area contributed by atoms with Crippen molar-refractivity contribution in [3.05, 3.63) is 28.2 Å². The molecule has 0 atom stereocenters. The van der Waals surface area contributed by atoms with Crippen molar-refractivity contribution in [3.63, 3.8) is 0 Å². The maximum absolute atomic E-state index is 11.6. The van der Waals surface area contributed by atoms with Gasteiger partial charge in [0, 0.05) is 16.7 Å². The molecule has 0 fully saturated rings. The number of anilines is 1. The van der Waals surface area contributed by atoms with Gasteiger partial charge in [-0.25, -0.2) is 22.7 Å². The summed E-state index contributed by atoms with van der Waals surface area (Å²) in [5.74, 6) is -1.39. The lowest BCUT2D eigenvalue weighted by atomic mass is 10.2. The molecule has 1 aromatic rings. The molecule has 8 nitrogen and oxygen atoms in total. The second-order valence-corrected chi connectivity index (χ2v) is 6.80. The van der Waals surface area contributed by atoms with E-state index in [0.717, 1.165) is 0 Å². The van der Waals surface area contributed by atoms with Gasteiger partial charge in [0.15, 0.2) is 0 Å². The first kappa shape index (κ1) is 17.4. The van der Waals surface area contributed by atoms with Gasteiger partial charge in [-0.15, -0.1) is 0 Å². The number of hydrogen-bond donors (Lipinski definition) is 4. The van der Waals surface area contributed by atoms with Crippen molar-refractivity contribution >= 4 is 43.6 Å². The summed E-state index contributed by atoms with van der Waals surface area (Å²) >= 11 is 3.09. The molecule has 0 bridgehead atoms. The topological polar surface area (TPSA) is 125 Å². The Balaban J connectivity index is 2.60. The normalized spacial score (nSPS) is 11.0. The summed E-state index contributed by atoms with van der Waals surface area (Å²) in [6.07, 6.45) is 0. The highest BCUT2D eigenvalue weighted by molar-refractivity contribution is 9.10. The summed E-state index contributed by atoms with van der Waals surface area (Å²) in [7, 11) is -2.11. The van der Waals surface area contributed by atoms with Crippen LogP contribution in [-0.4, -0.2) is 44.9 Å². The Labute approximate surface area is 130 Å². The minimum Gasteiger partial charge on any atom is -0.478 e. The highest BCUT2D eigenvalue weighted by Gasteiger charge is 2.11. The number of halogens is 1. The molecule has 1 rings (SSSR count). The first-order chi connectivity index (χ1) is 9.75. The zero-order chi connectivity index (χ0) is 16.0. The Hall–Kier alpha value is -1.65. The van der Waals surface area contributed by atoms with E-state index in [1.807, 2.05) is 0 Å². The van der Waals surface area contributed by atoms with Gasteiger partial charge < -0.3 is 15.7 Å². The Kier molecular flexibility index (Phi) is 6.12. The minimum atomic E-state index is -3.39. The molecule has 0 saturated heterocycles. The average molecular weight is 380 g/mol. The lowest BCUT2D eigenvalue weighted by Crippen LogP contribution is -2.35. The highest BCUT2D eigenvalue weighted by atomic mass is 79.9. The Morgan fingerprint density at radius 3 is 2.57 bits per heavy atom. The Bertz CT molecular complexity index is 647. The number of carboxylic acid groups (broad SMARTS) is 1. The quantitative estimate of drug-likeness (QED) is 0.582. The predicted molar refractivity (Wildman–Crippen MR) is 81.0 cm³/mol. The van der Waals surface area contributed by atoms with Gasteiger partial charge in [0.05, 0.1) is 11.3 Å². The Morgan fingerprint density at radius 1 is 1.33 bits per heavy atom. The van der Waals surface area contributed by atoms with Crippen LogP contribution in [-0.2, 0) is 10.0 Å². The standard InChI is InChI=1S/C11H14BrN3O5S/c1-13-21(19,20)5-4-14-11(18)15-7-2-3-9(12)8(6-7)10(16)17/h2-3,6,13H,4-5H2,1H3,(H,16,17)(H2,14,15,18).